The summed E-state index contributed by atoms with van der Waals surface area (Å²) in [6, 6.07) is 12.1. The highest BCUT2D eigenvalue weighted by atomic mass is 16.2. The topological polar surface area (TPSA) is 75.1 Å². The van der Waals surface area contributed by atoms with Crippen LogP contribution in [0, 0.1) is 6.92 Å². The molecule has 0 aliphatic carbocycles. The van der Waals surface area contributed by atoms with Gasteiger partial charge in [-0.05, 0) is 50.7 Å². The number of carbonyl (C=O) groups is 1. The van der Waals surface area contributed by atoms with Gasteiger partial charge in [0.25, 0.3) is 0 Å². The van der Waals surface area contributed by atoms with Crippen LogP contribution in [0.25, 0.3) is 0 Å². The van der Waals surface area contributed by atoms with E-state index in [1.807, 2.05) is 36.1 Å². The number of benzene rings is 1. The number of aromatic nitrogens is 4. The lowest BCUT2D eigenvalue weighted by molar-refractivity contribution is -0.118. The first-order chi connectivity index (χ1) is 15.7. The molecule has 1 atom stereocenters. The van der Waals surface area contributed by atoms with E-state index in [0.717, 1.165) is 55.1 Å². The number of piperidine rings is 1. The number of carbonyl (C=O) groups excluding carboxylic acids is 1. The van der Waals surface area contributed by atoms with Crippen molar-refractivity contribution >= 4 is 17.7 Å². The molecular formula is C25H28N6O. The highest BCUT2D eigenvalue weighted by molar-refractivity contribution is 5.95. The third-order valence-electron chi connectivity index (χ3n) is 6.43. The van der Waals surface area contributed by atoms with Gasteiger partial charge in [0.15, 0.2) is 5.82 Å². The van der Waals surface area contributed by atoms with Crippen LogP contribution in [0.4, 0.5) is 11.8 Å². The number of anilines is 2. The molecule has 1 fully saturated rings. The molecule has 2 aliphatic rings. The quantitative estimate of drug-likeness (QED) is 0.615. The summed E-state index contributed by atoms with van der Waals surface area (Å²) in [6.07, 6.45) is 8.74. The third kappa shape index (κ3) is 4.07. The minimum Gasteiger partial charge on any atom is -0.331 e. The van der Waals surface area contributed by atoms with E-state index >= 15 is 0 Å². The smallest absolute Gasteiger partial charge is 0.228 e. The summed E-state index contributed by atoms with van der Waals surface area (Å²) < 4.78 is 0. The van der Waals surface area contributed by atoms with Gasteiger partial charge < -0.3 is 4.90 Å². The number of amides is 1. The largest absolute Gasteiger partial charge is 0.331 e. The van der Waals surface area contributed by atoms with Gasteiger partial charge in [-0.3, -0.25) is 9.69 Å². The van der Waals surface area contributed by atoms with Gasteiger partial charge in [-0.1, -0.05) is 30.3 Å². The van der Waals surface area contributed by atoms with Crippen molar-refractivity contribution in [3.05, 3.63) is 71.4 Å². The Kier molecular flexibility index (Phi) is 5.79. The van der Waals surface area contributed by atoms with E-state index in [2.05, 4.69) is 27.0 Å². The first-order valence-corrected chi connectivity index (χ1v) is 11.5. The lowest BCUT2D eigenvalue weighted by Crippen LogP contribution is -2.40. The summed E-state index contributed by atoms with van der Waals surface area (Å²) in [5.41, 5.74) is 3.29. The Balaban J connectivity index is 1.48. The number of rotatable bonds is 5. The Morgan fingerprint density at radius 2 is 1.81 bits per heavy atom. The average Bonchev–Trinajstić information content (AvgIpc) is 2.84. The molecule has 1 amide bonds. The molecule has 0 radical (unpaired) electrons. The van der Waals surface area contributed by atoms with Crippen LogP contribution in [0.5, 0.6) is 0 Å². The van der Waals surface area contributed by atoms with Crippen molar-refractivity contribution in [1.82, 2.24) is 19.9 Å². The van der Waals surface area contributed by atoms with Crippen LogP contribution in [0.15, 0.2) is 48.8 Å². The van der Waals surface area contributed by atoms with Gasteiger partial charge in [-0.15, -0.1) is 0 Å². The van der Waals surface area contributed by atoms with Crippen molar-refractivity contribution in [2.45, 2.75) is 51.5 Å². The van der Waals surface area contributed by atoms with Crippen molar-refractivity contribution < 1.29 is 4.79 Å². The van der Waals surface area contributed by atoms with Gasteiger partial charge in [-0.25, -0.2) is 19.9 Å². The molecule has 4 heterocycles. The average molecular weight is 429 g/mol. The number of nitrogens with zero attached hydrogens (tertiary/aromatic N) is 6. The summed E-state index contributed by atoms with van der Waals surface area (Å²) in [5, 5.41) is 0. The molecule has 0 unspecified atom stereocenters. The van der Waals surface area contributed by atoms with E-state index in [1.54, 1.807) is 12.4 Å². The number of aryl methyl sites for hydroxylation is 1. The fourth-order valence-electron chi connectivity index (χ4n) is 4.75. The van der Waals surface area contributed by atoms with Crippen molar-refractivity contribution in [1.29, 1.82) is 0 Å². The monoisotopic (exact) mass is 428 g/mol. The molecule has 0 N–H and O–H groups in total. The van der Waals surface area contributed by atoms with E-state index in [1.165, 1.54) is 5.56 Å². The van der Waals surface area contributed by atoms with Crippen LogP contribution in [0.2, 0.25) is 0 Å². The van der Waals surface area contributed by atoms with E-state index < -0.39 is 0 Å². The minimum absolute atomic E-state index is 0.0168. The Morgan fingerprint density at radius 3 is 2.62 bits per heavy atom. The van der Waals surface area contributed by atoms with Gasteiger partial charge in [0, 0.05) is 43.2 Å². The van der Waals surface area contributed by atoms with Crippen LogP contribution in [-0.2, 0) is 17.6 Å². The highest BCUT2D eigenvalue weighted by Gasteiger charge is 2.32. The van der Waals surface area contributed by atoms with Crippen LogP contribution < -0.4 is 9.80 Å². The molecule has 2 aromatic heterocycles. The van der Waals surface area contributed by atoms with E-state index in [4.69, 9.17) is 9.97 Å². The predicted octanol–water partition coefficient (Wildman–Crippen LogP) is 3.83. The highest BCUT2D eigenvalue weighted by Crippen LogP contribution is 2.35. The van der Waals surface area contributed by atoms with Crippen LogP contribution in [-0.4, -0.2) is 38.9 Å². The molecule has 32 heavy (non-hydrogen) atoms. The van der Waals surface area contributed by atoms with Crippen LogP contribution >= 0.6 is 0 Å². The maximum absolute atomic E-state index is 12.9. The van der Waals surface area contributed by atoms with Crippen molar-refractivity contribution in [2.24, 2.45) is 0 Å². The van der Waals surface area contributed by atoms with Gasteiger partial charge >= 0.3 is 0 Å². The SMILES string of the molecule is Cc1nc([C@H]2CCCCN2c2ncccn2)nc2c1CCC(=O)N2CCc1ccccc1. The lowest BCUT2D eigenvalue weighted by Gasteiger charge is -2.36. The predicted molar refractivity (Wildman–Crippen MR) is 124 cm³/mol. The first-order valence-electron chi connectivity index (χ1n) is 11.5. The molecule has 0 saturated carbocycles. The second-order valence-electron chi connectivity index (χ2n) is 8.50. The van der Waals surface area contributed by atoms with E-state index in [0.29, 0.717) is 25.3 Å². The molecule has 7 nitrogen and oxygen atoms in total. The maximum atomic E-state index is 12.9. The zero-order chi connectivity index (χ0) is 21.9. The number of fused-ring (bicyclic) bond motifs is 1. The molecule has 7 heteroatoms. The molecule has 2 aliphatic heterocycles. The van der Waals surface area contributed by atoms with Crippen LogP contribution in [0.1, 0.15) is 54.4 Å². The standard InChI is InChI=1S/C25H28N6O/c1-18-20-11-12-22(32)31(17-13-19-8-3-2-4-9-19)24(20)29-23(28-18)21-10-5-6-16-30(21)25-26-14-7-15-27-25/h2-4,7-9,14-15,21H,5-6,10-13,16-17H2,1H3/t21-/m1/s1. The third-order valence-corrected chi connectivity index (χ3v) is 6.43. The Bertz CT molecular complexity index is 1090. The summed E-state index contributed by atoms with van der Waals surface area (Å²) in [7, 11) is 0. The van der Waals surface area contributed by atoms with E-state index in [-0.39, 0.29) is 11.9 Å². The summed E-state index contributed by atoms with van der Waals surface area (Å²) >= 11 is 0. The molecule has 0 spiro atoms. The van der Waals surface area contributed by atoms with Crippen LogP contribution in [0.3, 0.4) is 0 Å². The second kappa shape index (κ2) is 9.02. The van der Waals surface area contributed by atoms with Gasteiger partial charge in [0.2, 0.25) is 11.9 Å². The van der Waals surface area contributed by atoms with E-state index in [9.17, 15) is 4.79 Å². The first kappa shape index (κ1) is 20.5. The fraction of sp³-hybridized carbons (Fsp3) is 0.400. The second-order valence-corrected chi connectivity index (χ2v) is 8.50. The number of hydrogen-bond acceptors (Lipinski definition) is 6. The molecule has 1 aromatic carbocycles. The lowest BCUT2D eigenvalue weighted by atomic mass is 9.99. The minimum atomic E-state index is 0.0168. The van der Waals surface area contributed by atoms with Gasteiger partial charge in [-0.2, -0.15) is 0 Å². The Labute approximate surface area is 188 Å². The molecule has 5 rings (SSSR count). The summed E-state index contributed by atoms with van der Waals surface area (Å²) in [5.74, 6) is 2.42. The van der Waals surface area contributed by atoms with Gasteiger partial charge in [0.1, 0.15) is 5.82 Å². The molecule has 0 bridgehead atoms. The Hall–Kier alpha value is -3.35. The normalized spacial score (nSPS) is 18.5. The number of hydrogen-bond donors (Lipinski definition) is 0. The van der Waals surface area contributed by atoms with Crippen molar-refractivity contribution in [3.63, 3.8) is 0 Å². The molecule has 3 aromatic rings. The summed E-state index contributed by atoms with van der Waals surface area (Å²) in [4.78, 5) is 35.9. The maximum Gasteiger partial charge on any atom is 0.228 e. The molecule has 1 saturated heterocycles. The van der Waals surface area contributed by atoms with Crippen molar-refractivity contribution in [3.8, 4) is 0 Å². The molecular weight excluding hydrogens is 400 g/mol. The zero-order valence-corrected chi connectivity index (χ0v) is 18.4. The zero-order valence-electron chi connectivity index (χ0n) is 18.4. The fourth-order valence-corrected chi connectivity index (χ4v) is 4.75. The Morgan fingerprint density at radius 1 is 1.00 bits per heavy atom. The summed E-state index contributed by atoms with van der Waals surface area (Å²) in [6.45, 7) is 3.55. The molecule has 164 valence electrons. The van der Waals surface area contributed by atoms with Gasteiger partial charge in [0.05, 0.1) is 6.04 Å². The van der Waals surface area contributed by atoms with Crippen molar-refractivity contribution in [2.75, 3.05) is 22.9 Å².